The zero-order valence-corrected chi connectivity index (χ0v) is 28.6. The lowest BCUT2D eigenvalue weighted by Crippen LogP contribution is -2.56. The van der Waals surface area contributed by atoms with E-state index < -0.39 is 124 Å². The smallest absolute Gasteiger partial charge is 0.349 e. The molecule has 20 heteroatoms. The number of benzene rings is 4. The fourth-order valence-electron chi connectivity index (χ4n) is 6.48. The molecule has 9 nitrogen and oxygen atoms in total. The Labute approximate surface area is 300 Å². The number of hydrogen-bond donors (Lipinski definition) is 1. The van der Waals surface area contributed by atoms with Crippen LogP contribution >= 0.6 is 0 Å². The maximum atomic E-state index is 14.6. The third kappa shape index (κ3) is 6.18. The molecule has 2 aliphatic heterocycles. The van der Waals surface area contributed by atoms with E-state index in [1.807, 2.05) is 0 Å². The zero-order chi connectivity index (χ0) is 39.6. The monoisotopic (exact) mass is 806 g/mol. The van der Waals surface area contributed by atoms with Crippen molar-refractivity contribution in [1.29, 1.82) is 0 Å². The van der Waals surface area contributed by atoms with Crippen molar-refractivity contribution in [1.82, 2.24) is 9.62 Å². The molecule has 1 unspecified atom stereocenters. The Kier molecular flexibility index (Phi) is 9.42. The minimum absolute atomic E-state index is 0.266. The van der Waals surface area contributed by atoms with Gasteiger partial charge in [0, 0.05) is 29.8 Å². The summed E-state index contributed by atoms with van der Waals surface area (Å²) in [7, 11) is -9.11. The van der Waals surface area contributed by atoms with E-state index in [1.165, 1.54) is 0 Å². The molecule has 4 aromatic rings. The van der Waals surface area contributed by atoms with E-state index in [9.17, 15) is 65.9 Å². The molecule has 1 fully saturated rings. The van der Waals surface area contributed by atoms with E-state index in [1.54, 1.807) is 4.72 Å². The van der Waals surface area contributed by atoms with Crippen LogP contribution in [0.25, 0.3) is 0 Å². The maximum absolute atomic E-state index is 14.6. The number of amides is 2. The summed E-state index contributed by atoms with van der Waals surface area (Å²) in [6, 6.07) is 10.2. The lowest BCUT2D eigenvalue weighted by atomic mass is 9.88. The summed E-state index contributed by atoms with van der Waals surface area (Å²) in [6.07, 6.45) is -13.1. The Morgan fingerprint density at radius 1 is 0.852 bits per heavy atom. The summed E-state index contributed by atoms with van der Waals surface area (Å²) in [5.41, 5.74) is -9.02. The number of sulfonamides is 1. The summed E-state index contributed by atoms with van der Waals surface area (Å²) in [6.45, 7) is -3.00. The van der Waals surface area contributed by atoms with Gasteiger partial charge in [-0.1, -0.05) is 30.3 Å². The van der Waals surface area contributed by atoms with Gasteiger partial charge in [0.25, 0.3) is 27.4 Å². The number of alkyl halides is 6. The van der Waals surface area contributed by atoms with Crippen LogP contribution in [0.15, 0.2) is 94.7 Å². The fraction of sp³-hybridized carbons (Fsp3) is 0.235. The number of ether oxygens (including phenoxy) is 1. The number of sulfone groups is 1. The Morgan fingerprint density at radius 2 is 1.44 bits per heavy atom. The van der Waals surface area contributed by atoms with Crippen LogP contribution in [-0.4, -0.2) is 59.0 Å². The van der Waals surface area contributed by atoms with Gasteiger partial charge in [0.1, 0.15) is 27.1 Å². The number of hydrogen-bond acceptors (Lipinski definition) is 7. The number of carbonyl (C=O) groups is 2. The molecule has 2 aliphatic rings. The van der Waals surface area contributed by atoms with E-state index in [-0.39, 0.29) is 23.3 Å². The first-order valence-electron chi connectivity index (χ1n) is 15.4. The van der Waals surface area contributed by atoms with Crippen LogP contribution < -0.4 is 4.72 Å². The number of likely N-dealkylation sites (tertiary alicyclic amines) is 1. The molecule has 2 heterocycles. The quantitative estimate of drug-likeness (QED) is 0.164. The van der Waals surface area contributed by atoms with Gasteiger partial charge in [-0.3, -0.25) is 9.59 Å². The standard InChI is InChI=1S/C34H23F9N2O7S2/c35-22-9-11-23(12-10-22)53(48,49)31(14-15-45(18-31)30(47)19-4-13-24-28(16-19)54(50,51)44-29(24)46)20-5-7-21(8-6-20)32(33(38,39)40,34(41,42)43)52-17-25-26(36)2-1-3-27(25)37/h1-13,16H,14-15,17-18H2,(H,44,46). The number of fused-ring (bicyclic) bond motifs is 1. The van der Waals surface area contributed by atoms with Crippen molar-refractivity contribution < 1.29 is 70.7 Å². The second-order valence-corrected chi connectivity index (χ2v) is 16.2. The molecule has 6 rings (SSSR count). The Bertz CT molecular complexity index is 2350. The molecule has 0 saturated carbocycles. The summed E-state index contributed by atoms with van der Waals surface area (Å²) in [4.78, 5) is 25.6. The molecular formula is C34H23F9N2O7S2. The molecule has 0 spiro atoms. The Hall–Kier alpha value is -4.95. The predicted octanol–water partition coefficient (Wildman–Crippen LogP) is 6.29. The summed E-state index contributed by atoms with van der Waals surface area (Å²) < 4.78 is 187. The molecule has 0 bridgehead atoms. The van der Waals surface area contributed by atoms with Crippen molar-refractivity contribution in [2.75, 3.05) is 13.1 Å². The molecule has 286 valence electrons. The van der Waals surface area contributed by atoms with Gasteiger partial charge in [0.05, 0.1) is 17.1 Å². The first-order valence-corrected chi connectivity index (χ1v) is 18.3. The number of nitrogens with one attached hydrogen (secondary N) is 1. The third-order valence-corrected chi connectivity index (χ3v) is 13.1. The van der Waals surface area contributed by atoms with Crippen LogP contribution in [0.2, 0.25) is 0 Å². The first kappa shape index (κ1) is 38.8. The average Bonchev–Trinajstić information content (AvgIpc) is 3.64. The minimum Gasteiger partial charge on any atom is -0.349 e. The Balaban J connectivity index is 1.44. The van der Waals surface area contributed by atoms with Gasteiger partial charge in [-0.05, 0) is 66.6 Å². The van der Waals surface area contributed by atoms with E-state index in [0.717, 1.165) is 53.4 Å². The molecule has 0 aliphatic carbocycles. The number of halogens is 9. The molecular weight excluding hydrogens is 783 g/mol. The molecule has 2 amide bonds. The lowest BCUT2D eigenvalue weighted by Gasteiger charge is -2.38. The number of carbonyl (C=O) groups excluding carboxylic acids is 2. The van der Waals surface area contributed by atoms with Crippen LogP contribution in [-0.2, 0) is 41.6 Å². The van der Waals surface area contributed by atoms with Gasteiger partial charge in [-0.25, -0.2) is 34.7 Å². The van der Waals surface area contributed by atoms with Gasteiger partial charge >= 0.3 is 12.4 Å². The van der Waals surface area contributed by atoms with Crippen molar-refractivity contribution >= 4 is 31.7 Å². The topological polar surface area (TPSA) is 127 Å². The lowest BCUT2D eigenvalue weighted by molar-refractivity contribution is -0.392. The molecule has 54 heavy (non-hydrogen) atoms. The maximum Gasteiger partial charge on any atom is 0.430 e. The third-order valence-electron chi connectivity index (χ3n) is 9.26. The SMILES string of the molecule is O=C1NS(=O)(=O)c2cc(C(=O)N3CCC(c4ccc(C(OCc5c(F)cccc5F)(C(F)(F)F)C(F)(F)F)cc4)(S(=O)(=O)c4ccc(F)cc4)C3)ccc21. The second kappa shape index (κ2) is 13.1. The first-order chi connectivity index (χ1) is 25.1. The van der Waals surface area contributed by atoms with E-state index >= 15 is 0 Å². The van der Waals surface area contributed by atoms with Crippen LogP contribution in [0.3, 0.4) is 0 Å². The van der Waals surface area contributed by atoms with Gasteiger partial charge in [0.2, 0.25) is 0 Å². The van der Waals surface area contributed by atoms with Gasteiger partial charge in [0.15, 0.2) is 9.84 Å². The molecule has 0 radical (unpaired) electrons. The van der Waals surface area contributed by atoms with Crippen molar-refractivity contribution in [2.24, 2.45) is 0 Å². The van der Waals surface area contributed by atoms with E-state index in [2.05, 4.69) is 4.74 Å². The van der Waals surface area contributed by atoms with Gasteiger partial charge < -0.3 is 9.64 Å². The zero-order valence-electron chi connectivity index (χ0n) is 26.9. The predicted molar refractivity (Wildman–Crippen MR) is 168 cm³/mol. The van der Waals surface area contributed by atoms with Gasteiger partial charge in [-0.2, -0.15) is 26.3 Å². The normalized spacial score (nSPS) is 18.8. The van der Waals surface area contributed by atoms with Crippen molar-refractivity contribution in [3.8, 4) is 0 Å². The Morgan fingerprint density at radius 3 is 2.02 bits per heavy atom. The van der Waals surface area contributed by atoms with E-state index in [0.29, 0.717) is 24.3 Å². The molecule has 0 aromatic heterocycles. The highest BCUT2D eigenvalue weighted by Crippen LogP contribution is 2.54. The largest absolute Gasteiger partial charge is 0.430 e. The summed E-state index contributed by atoms with van der Waals surface area (Å²) in [5.74, 6) is -5.71. The van der Waals surface area contributed by atoms with Crippen LogP contribution in [0.1, 0.15) is 43.8 Å². The molecule has 1 atom stereocenters. The highest BCUT2D eigenvalue weighted by Gasteiger charge is 2.73. The summed E-state index contributed by atoms with van der Waals surface area (Å²) >= 11 is 0. The van der Waals surface area contributed by atoms with Crippen LogP contribution in [0, 0.1) is 17.5 Å². The second-order valence-electron chi connectivity index (χ2n) is 12.3. The molecule has 1 N–H and O–H groups in total. The van der Waals surface area contributed by atoms with E-state index in [4.69, 9.17) is 0 Å². The van der Waals surface area contributed by atoms with Crippen molar-refractivity contribution in [3.63, 3.8) is 0 Å². The molecule has 4 aromatic carbocycles. The highest BCUT2D eigenvalue weighted by atomic mass is 32.2. The van der Waals surface area contributed by atoms with Crippen LogP contribution in [0.5, 0.6) is 0 Å². The average molecular weight is 807 g/mol. The van der Waals surface area contributed by atoms with Gasteiger partial charge in [-0.15, -0.1) is 0 Å². The fourth-order valence-corrected chi connectivity index (χ4v) is 9.75. The molecule has 1 saturated heterocycles. The van der Waals surface area contributed by atoms with Crippen molar-refractivity contribution in [3.05, 3.63) is 130 Å². The number of rotatable bonds is 8. The van der Waals surface area contributed by atoms with Crippen molar-refractivity contribution in [2.45, 2.75) is 45.5 Å². The highest BCUT2D eigenvalue weighted by molar-refractivity contribution is 7.92. The number of nitrogens with zero attached hydrogens (tertiary/aromatic N) is 1. The summed E-state index contributed by atoms with van der Waals surface area (Å²) in [5, 5.41) is 0. The van der Waals surface area contributed by atoms with Crippen LogP contribution in [0.4, 0.5) is 39.5 Å². The minimum atomic E-state index is -6.30.